The zero-order chi connectivity index (χ0) is 19.4. The van der Waals surface area contributed by atoms with Gasteiger partial charge in [0, 0.05) is 11.6 Å². The van der Waals surface area contributed by atoms with Crippen molar-refractivity contribution in [3.63, 3.8) is 0 Å². The summed E-state index contributed by atoms with van der Waals surface area (Å²) < 4.78 is 10.1. The van der Waals surface area contributed by atoms with Crippen LogP contribution in [0.15, 0.2) is 59.7 Å². The summed E-state index contributed by atoms with van der Waals surface area (Å²) in [7, 11) is 1.29. The van der Waals surface area contributed by atoms with E-state index in [4.69, 9.17) is 20.9 Å². The van der Waals surface area contributed by atoms with Gasteiger partial charge in [-0.1, -0.05) is 0 Å². The van der Waals surface area contributed by atoms with Crippen LogP contribution < -0.4 is 16.2 Å². The molecule has 0 radical (unpaired) electrons. The van der Waals surface area contributed by atoms with Crippen LogP contribution in [-0.4, -0.2) is 30.0 Å². The Morgan fingerprint density at radius 2 is 1.74 bits per heavy atom. The molecule has 0 atom stereocenters. The van der Waals surface area contributed by atoms with Crippen LogP contribution >= 0.6 is 0 Å². The van der Waals surface area contributed by atoms with Crippen LogP contribution in [0.3, 0.4) is 0 Å². The minimum atomic E-state index is -0.536. The van der Waals surface area contributed by atoms with E-state index in [9.17, 15) is 9.59 Å². The zero-order valence-electron chi connectivity index (χ0n) is 14.4. The number of rotatable bonds is 4. The topological polar surface area (TPSA) is 130 Å². The van der Waals surface area contributed by atoms with Crippen LogP contribution in [0, 0.1) is 0 Å². The molecule has 8 heteroatoms. The summed E-state index contributed by atoms with van der Waals surface area (Å²) in [5.74, 6) is -0.802. The van der Waals surface area contributed by atoms with Gasteiger partial charge in [0.25, 0.3) is 0 Å². The number of fused-ring (bicyclic) bond motifs is 1. The molecule has 3 aromatic rings. The standard InChI is InChI=1S/C19H16N4O4/c1-26-18(25)16-15-7-6-14(10-12(15)8-9-22-16)27-17(24)11-2-4-13(5-3-11)23-19(20)21/h2-10H,1H3,(H4,20,21,23). The minimum absolute atomic E-state index is 0.0673. The van der Waals surface area contributed by atoms with Gasteiger partial charge in [-0.25, -0.2) is 19.6 Å². The maximum absolute atomic E-state index is 12.3. The van der Waals surface area contributed by atoms with E-state index in [2.05, 4.69) is 9.98 Å². The lowest BCUT2D eigenvalue weighted by Gasteiger charge is -2.08. The Morgan fingerprint density at radius 3 is 2.41 bits per heavy atom. The summed E-state index contributed by atoms with van der Waals surface area (Å²) in [6, 6.07) is 12.9. The third-order valence-corrected chi connectivity index (χ3v) is 3.69. The Hall–Kier alpha value is -3.94. The first kappa shape index (κ1) is 17.9. The van der Waals surface area contributed by atoms with Crippen molar-refractivity contribution in [1.29, 1.82) is 0 Å². The van der Waals surface area contributed by atoms with Gasteiger partial charge >= 0.3 is 11.9 Å². The fourth-order valence-corrected chi connectivity index (χ4v) is 2.47. The van der Waals surface area contributed by atoms with E-state index in [-0.39, 0.29) is 11.7 Å². The number of carbonyl (C=O) groups excluding carboxylic acids is 2. The molecule has 8 nitrogen and oxygen atoms in total. The molecule has 0 aliphatic heterocycles. The van der Waals surface area contributed by atoms with Crippen LogP contribution in [0.5, 0.6) is 5.75 Å². The van der Waals surface area contributed by atoms with E-state index in [1.165, 1.54) is 13.3 Å². The number of benzene rings is 2. The average molecular weight is 364 g/mol. The molecule has 1 aromatic heterocycles. The molecule has 2 aromatic carbocycles. The third kappa shape index (κ3) is 4.01. The summed E-state index contributed by atoms with van der Waals surface area (Å²) in [4.78, 5) is 32.0. The Morgan fingerprint density at radius 1 is 1.00 bits per heavy atom. The van der Waals surface area contributed by atoms with Crippen LogP contribution in [0.1, 0.15) is 20.8 Å². The number of esters is 2. The number of nitrogens with two attached hydrogens (primary N) is 2. The fourth-order valence-electron chi connectivity index (χ4n) is 2.47. The van der Waals surface area contributed by atoms with Gasteiger partial charge in [-0.05, 0) is 53.9 Å². The predicted molar refractivity (Wildman–Crippen MR) is 100.0 cm³/mol. The van der Waals surface area contributed by atoms with Gasteiger partial charge in [0.2, 0.25) is 0 Å². The van der Waals surface area contributed by atoms with Gasteiger partial charge in [0.1, 0.15) is 5.75 Å². The van der Waals surface area contributed by atoms with Crippen molar-refractivity contribution >= 4 is 34.4 Å². The second-order valence-electron chi connectivity index (χ2n) is 5.51. The number of guanidine groups is 1. The largest absolute Gasteiger partial charge is 0.464 e. The van der Waals surface area contributed by atoms with E-state index < -0.39 is 11.9 Å². The molecule has 0 saturated carbocycles. The Bertz CT molecular complexity index is 1040. The first-order chi connectivity index (χ1) is 13.0. The summed E-state index contributed by atoms with van der Waals surface area (Å²) in [6.07, 6.45) is 1.49. The number of hydrogen-bond acceptors (Lipinski definition) is 6. The first-order valence-corrected chi connectivity index (χ1v) is 7.87. The highest BCUT2D eigenvalue weighted by Crippen LogP contribution is 2.24. The van der Waals surface area contributed by atoms with Gasteiger partial charge < -0.3 is 20.9 Å². The number of hydrogen-bond donors (Lipinski definition) is 2. The van der Waals surface area contributed by atoms with E-state index in [0.29, 0.717) is 27.8 Å². The van der Waals surface area contributed by atoms with Gasteiger partial charge in [-0.3, -0.25) is 0 Å². The number of ether oxygens (including phenoxy) is 2. The molecule has 136 valence electrons. The highest BCUT2D eigenvalue weighted by molar-refractivity contribution is 6.03. The molecule has 1 heterocycles. The number of aliphatic imine (C=N–C) groups is 1. The molecule has 0 unspecified atom stereocenters. The van der Waals surface area contributed by atoms with Crippen molar-refractivity contribution in [3.8, 4) is 5.75 Å². The van der Waals surface area contributed by atoms with Crippen molar-refractivity contribution in [3.05, 3.63) is 66.0 Å². The maximum atomic E-state index is 12.3. The third-order valence-electron chi connectivity index (χ3n) is 3.69. The lowest BCUT2D eigenvalue weighted by Crippen LogP contribution is -2.21. The molecule has 0 aliphatic rings. The second-order valence-corrected chi connectivity index (χ2v) is 5.51. The number of nitrogens with zero attached hydrogens (tertiary/aromatic N) is 2. The molecule has 27 heavy (non-hydrogen) atoms. The predicted octanol–water partition coefficient (Wildman–Crippen LogP) is 2.15. The molecule has 0 aliphatic carbocycles. The van der Waals surface area contributed by atoms with Gasteiger partial charge in [-0.2, -0.15) is 0 Å². The van der Waals surface area contributed by atoms with Gasteiger partial charge in [0.15, 0.2) is 11.7 Å². The lowest BCUT2D eigenvalue weighted by atomic mass is 10.1. The van der Waals surface area contributed by atoms with Crippen LogP contribution in [0.25, 0.3) is 10.8 Å². The number of methoxy groups -OCH3 is 1. The monoisotopic (exact) mass is 364 g/mol. The molecule has 0 saturated heterocycles. The zero-order valence-corrected chi connectivity index (χ0v) is 14.4. The Labute approximate surface area is 154 Å². The van der Waals surface area contributed by atoms with E-state index >= 15 is 0 Å². The number of pyridine rings is 1. The lowest BCUT2D eigenvalue weighted by molar-refractivity contribution is 0.0596. The molecule has 0 spiro atoms. The van der Waals surface area contributed by atoms with E-state index in [1.807, 2.05) is 0 Å². The molecule has 0 bridgehead atoms. The summed E-state index contributed by atoms with van der Waals surface area (Å²) in [5.41, 5.74) is 11.7. The quantitative estimate of drug-likeness (QED) is 0.314. The Kier molecular flexibility index (Phi) is 4.98. The van der Waals surface area contributed by atoms with Crippen LogP contribution in [-0.2, 0) is 4.74 Å². The summed E-state index contributed by atoms with van der Waals surface area (Å²) in [6.45, 7) is 0. The fraction of sp³-hybridized carbons (Fsp3) is 0.0526. The molecule has 3 rings (SSSR count). The van der Waals surface area contributed by atoms with Gasteiger partial charge in [0.05, 0.1) is 18.4 Å². The molecular weight excluding hydrogens is 348 g/mol. The number of carbonyl (C=O) groups is 2. The van der Waals surface area contributed by atoms with Crippen molar-refractivity contribution < 1.29 is 19.1 Å². The molecule has 0 fully saturated rings. The van der Waals surface area contributed by atoms with Crippen molar-refractivity contribution in [2.75, 3.05) is 7.11 Å². The first-order valence-electron chi connectivity index (χ1n) is 7.87. The number of aromatic nitrogens is 1. The molecular formula is C19H16N4O4. The minimum Gasteiger partial charge on any atom is -0.464 e. The molecule has 4 N–H and O–H groups in total. The van der Waals surface area contributed by atoms with Crippen molar-refractivity contribution in [2.45, 2.75) is 0 Å². The highest BCUT2D eigenvalue weighted by atomic mass is 16.5. The van der Waals surface area contributed by atoms with Crippen LogP contribution in [0.4, 0.5) is 5.69 Å². The van der Waals surface area contributed by atoms with Crippen LogP contribution in [0.2, 0.25) is 0 Å². The van der Waals surface area contributed by atoms with Crippen molar-refractivity contribution in [1.82, 2.24) is 4.98 Å². The van der Waals surface area contributed by atoms with Crippen molar-refractivity contribution in [2.24, 2.45) is 16.5 Å². The second kappa shape index (κ2) is 7.52. The molecule has 0 amide bonds. The maximum Gasteiger partial charge on any atom is 0.357 e. The highest BCUT2D eigenvalue weighted by Gasteiger charge is 2.14. The Balaban J connectivity index is 1.83. The van der Waals surface area contributed by atoms with E-state index in [1.54, 1.807) is 48.5 Å². The average Bonchev–Trinajstić information content (AvgIpc) is 2.66. The SMILES string of the molecule is COC(=O)c1nccc2cc(OC(=O)c3ccc(N=C(N)N)cc3)ccc12. The summed E-state index contributed by atoms with van der Waals surface area (Å²) in [5, 5.41) is 1.30. The van der Waals surface area contributed by atoms with Gasteiger partial charge in [-0.15, -0.1) is 0 Å². The smallest absolute Gasteiger partial charge is 0.357 e. The summed E-state index contributed by atoms with van der Waals surface area (Å²) >= 11 is 0. The van der Waals surface area contributed by atoms with E-state index in [0.717, 1.165) is 0 Å². The normalized spacial score (nSPS) is 10.3.